The summed E-state index contributed by atoms with van der Waals surface area (Å²) in [6, 6.07) is 14.4. The lowest BCUT2D eigenvalue weighted by Gasteiger charge is -2.37. The third kappa shape index (κ3) is 4.31. The van der Waals surface area contributed by atoms with E-state index in [1.165, 1.54) is 4.90 Å². The van der Waals surface area contributed by atoms with Gasteiger partial charge in [-0.15, -0.1) is 0 Å². The summed E-state index contributed by atoms with van der Waals surface area (Å²) in [5.41, 5.74) is 2.39. The smallest absolute Gasteiger partial charge is 0.278 e. The number of carbonyl (C=O) groups is 2. The van der Waals surface area contributed by atoms with E-state index in [2.05, 4.69) is 0 Å². The number of morpholine rings is 1. The summed E-state index contributed by atoms with van der Waals surface area (Å²) in [6.07, 6.45) is -0.0804. The standard InChI is InChI=1S/C24H25ClN2O4/c1-15-12-26(13-16(2)31-15)22-21(18-6-10-20(30-3)11-7-18)23(28)27(24(22)29)14-17-4-8-19(25)9-5-17/h4-11,15-16H,12-14H2,1-3H3. The fourth-order valence-corrected chi connectivity index (χ4v) is 4.28. The minimum absolute atomic E-state index is 0.0402. The summed E-state index contributed by atoms with van der Waals surface area (Å²) in [5, 5.41) is 0.608. The van der Waals surface area contributed by atoms with Crippen molar-refractivity contribution in [1.29, 1.82) is 0 Å². The minimum atomic E-state index is -0.299. The van der Waals surface area contributed by atoms with Crippen LogP contribution in [0.5, 0.6) is 5.75 Å². The quantitative estimate of drug-likeness (QED) is 0.663. The first-order chi connectivity index (χ1) is 14.9. The van der Waals surface area contributed by atoms with Gasteiger partial charge in [0.05, 0.1) is 31.4 Å². The molecule has 162 valence electrons. The summed E-state index contributed by atoms with van der Waals surface area (Å²) < 4.78 is 11.1. The van der Waals surface area contributed by atoms with E-state index in [1.54, 1.807) is 31.4 Å². The number of carbonyl (C=O) groups excluding carboxylic acids is 2. The van der Waals surface area contributed by atoms with Crippen molar-refractivity contribution in [3.63, 3.8) is 0 Å². The predicted molar refractivity (Wildman–Crippen MR) is 119 cm³/mol. The van der Waals surface area contributed by atoms with Crippen LogP contribution >= 0.6 is 11.6 Å². The molecule has 1 fully saturated rings. The number of ether oxygens (including phenoxy) is 2. The highest BCUT2D eigenvalue weighted by Crippen LogP contribution is 2.34. The number of benzene rings is 2. The Labute approximate surface area is 187 Å². The van der Waals surface area contributed by atoms with Gasteiger partial charge in [0, 0.05) is 18.1 Å². The SMILES string of the molecule is COc1ccc(C2=C(N3CC(C)OC(C)C3)C(=O)N(Cc3ccc(Cl)cc3)C2=O)cc1. The number of rotatable bonds is 5. The van der Waals surface area contributed by atoms with Crippen molar-refractivity contribution >= 4 is 29.0 Å². The molecule has 4 rings (SSSR count). The lowest BCUT2D eigenvalue weighted by Crippen LogP contribution is -2.46. The summed E-state index contributed by atoms with van der Waals surface area (Å²) in [6.45, 7) is 5.24. The van der Waals surface area contributed by atoms with Crippen molar-refractivity contribution in [3.05, 3.63) is 70.4 Å². The second-order valence-corrected chi connectivity index (χ2v) is 8.37. The number of hydrogen-bond donors (Lipinski definition) is 0. The fraction of sp³-hybridized carbons (Fsp3) is 0.333. The minimum Gasteiger partial charge on any atom is -0.497 e. The van der Waals surface area contributed by atoms with E-state index >= 15 is 0 Å². The lowest BCUT2D eigenvalue weighted by atomic mass is 10.0. The number of hydrogen-bond acceptors (Lipinski definition) is 5. The molecule has 0 radical (unpaired) electrons. The second kappa shape index (κ2) is 8.73. The number of halogens is 1. The molecule has 2 aliphatic heterocycles. The molecule has 0 N–H and O–H groups in total. The zero-order chi connectivity index (χ0) is 22.1. The molecule has 2 heterocycles. The van der Waals surface area contributed by atoms with E-state index in [-0.39, 0.29) is 30.6 Å². The highest BCUT2D eigenvalue weighted by atomic mass is 35.5. The van der Waals surface area contributed by atoms with Gasteiger partial charge >= 0.3 is 0 Å². The van der Waals surface area contributed by atoms with Crippen LogP contribution < -0.4 is 4.74 Å². The van der Waals surface area contributed by atoms with Crippen LogP contribution in [0.25, 0.3) is 5.57 Å². The molecule has 7 heteroatoms. The molecule has 2 atom stereocenters. The summed E-state index contributed by atoms with van der Waals surface area (Å²) in [7, 11) is 1.59. The molecule has 31 heavy (non-hydrogen) atoms. The molecule has 0 bridgehead atoms. The number of methoxy groups -OCH3 is 1. The first-order valence-corrected chi connectivity index (χ1v) is 10.6. The molecular weight excluding hydrogens is 416 g/mol. The van der Waals surface area contributed by atoms with Gasteiger partial charge in [0.1, 0.15) is 11.4 Å². The fourth-order valence-electron chi connectivity index (χ4n) is 4.15. The average Bonchev–Trinajstić information content (AvgIpc) is 2.99. The van der Waals surface area contributed by atoms with Gasteiger partial charge in [-0.05, 0) is 49.2 Å². The molecule has 6 nitrogen and oxygen atoms in total. The Morgan fingerprint density at radius 3 is 2.16 bits per heavy atom. The topological polar surface area (TPSA) is 59.1 Å². The highest BCUT2D eigenvalue weighted by Gasteiger charge is 2.43. The van der Waals surface area contributed by atoms with Crippen LogP contribution in [0, 0.1) is 0 Å². The molecule has 2 amide bonds. The van der Waals surface area contributed by atoms with E-state index in [9.17, 15) is 9.59 Å². The van der Waals surface area contributed by atoms with E-state index in [0.29, 0.717) is 40.7 Å². The Balaban J connectivity index is 1.73. The zero-order valence-corrected chi connectivity index (χ0v) is 18.6. The third-order valence-corrected chi connectivity index (χ3v) is 5.76. The molecule has 2 unspecified atom stereocenters. The Morgan fingerprint density at radius 2 is 1.58 bits per heavy atom. The lowest BCUT2D eigenvalue weighted by molar-refractivity contribution is -0.139. The van der Waals surface area contributed by atoms with Crippen LogP contribution in [0.15, 0.2) is 54.2 Å². The van der Waals surface area contributed by atoms with Gasteiger partial charge in [-0.25, -0.2) is 0 Å². The van der Waals surface area contributed by atoms with Crippen LogP contribution in [0.4, 0.5) is 0 Å². The van der Waals surface area contributed by atoms with E-state index < -0.39 is 0 Å². The number of nitrogens with zero attached hydrogens (tertiary/aromatic N) is 2. The van der Waals surface area contributed by atoms with E-state index in [4.69, 9.17) is 21.1 Å². The largest absolute Gasteiger partial charge is 0.497 e. The van der Waals surface area contributed by atoms with Gasteiger partial charge in [0.2, 0.25) is 0 Å². The highest BCUT2D eigenvalue weighted by molar-refractivity contribution is 6.35. The molecule has 2 aromatic rings. The van der Waals surface area contributed by atoms with Crippen molar-refractivity contribution in [2.24, 2.45) is 0 Å². The summed E-state index contributed by atoms with van der Waals surface area (Å²) >= 11 is 5.98. The van der Waals surface area contributed by atoms with Gasteiger partial charge in [-0.3, -0.25) is 14.5 Å². The zero-order valence-electron chi connectivity index (χ0n) is 17.8. The van der Waals surface area contributed by atoms with Gasteiger partial charge in [0.15, 0.2) is 0 Å². The second-order valence-electron chi connectivity index (χ2n) is 7.94. The normalized spacial score (nSPS) is 21.8. The van der Waals surface area contributed by atoms with Crippen LogP contribution in [-0.2, 0) is 20.9 Å². The first kappa shape index (κ1) is 21.4. The van der Waals surface area contributed by atoms with Gasteiger partial charge in [-0.1, -0.05) is 35.9 Å². The summed E-state index contributed by atoms with van der Waals surface area (Å²) in [5.74, 6) is 0.105. The number of imide groups is 1. The Hall–Kier alpha value is -2.83. The Bertz CT molecular complexity index is 1010. The molecular formula is C24H25ClN2O4. The van der Waals surface area contributed by atoms with Crippen molar-refractivity contribution < 1.29 is 19.1 Å². The first-order valence-electron chi connectivity index (χ1n) is 10.3. The van der Waals surface area contributed by atoms with Crippen LogP contribution in [0.3, 0.4) is 0 Å². The Kier molecular flexibility index (Phi) is 6.03. The maximum atomic E-state index is 13.5. The van der Waals surface area contributed by atoms with Crippen LogP contribution in [-0.4, -0.2) is 54.0 Å². The van der Waals surface area contributed by atoms with Crippen molar-refractivity contribution in [2.45, 2.75) is 32.6 Å². The molecule has 0 aromatic heterocycles. The molecule has 2 aromatic carbocycles. The van der Waals surface area contributed by atoms with Gasteiger partial charge in [-0.2, -0.15) is 0 Å². The van der Waals surface area contributed by atoms with Crippen molar-refractivity contribution in [3.8, 4) is 5.75 Å². The van der Waals surface area contributed by atoms with E-state index in [0.717, 1.165) is 5.56 Å². The third-order valence-electron chi connectivity index (χ3n) is 5.51. The van der Waals surface area contributed by atoms with Crippen LogP contribution in [0.1, 0.15) is 25.0 Å². The predicted octanol–water partition coefficient (Wildman–Crippen LogP) is 3.74. The molecule has 0 spiro atoms. The monoisotopic (exact) mass is 440 g/mol. The maximum Gasteiger partial charge on any atom is 0.278 e. The summed E-state index contributed by atoms with van der Waals surface area (Å²) in [4.78, 5) is 30.3. The maximum absolute atomic E-state index is 13.5. The Morgan fingerprint density at radius 1 is 0.968 bits per heavy atom. The van der Waals surface area contributed by atoms with Crippen LogP contribution in [0.2, 0.25) is 5.02 Å². The average molecular weight is 441 g/mol. The van der Waals surface area contributed by atoms with E-state index in [1.807, 2.05) is 43.0 Å². The van der Waals surface area contributed by atoms with Gasteiger partial charge < -0.3 is 14.4 Å². The van der Waals surface area contributed by atoms with Crippen molar-refractivity contribution in [1.82, 2.24) is 9.80 Å². The van der Waals surface area contributed by atoms with Gasteiger partial charge in [0.25, 0.3) is 11.8 Å². The molecule has 0 aliphatic carbocycles. The molecule has 0 saturated carbocycles. The molecule has 2 aliphatic rings. The van der Waals surface area contributed by atoms with Crippen molar-refractivity contribution in [2.75, 3.05) is 20.2 Å². The molecule has 1 saturated heterocycles. The number of amides is 2.